The highest BCUT2D eigenvalue weighted by Gasteiger charge is 2.13. The van der Waals surface area contributed by atoms with Crippen LogP contribution >= 0.6 is 24.0 Å². The predicted molar refractivity (Wildman–Crippen MR) is 120 cm³/mol. The van der Waals surface area contributed by atoms with Crippen LogP contribution in [0.2, 0.25) is 0 Å². The van der Waals surface area contributed by atoms with Gasteiger partial charge in [0.25, 0.3) is 0 Å². The number of halogens is 1. The highest BCUT2D eigenvalue weighted by molar-refractivity contribution is 14.0. The van der Waals surface area contributed by atoms with Gasteiger partial charge in [-0.05, 0) is 37.3 Å². The Morgan fingerprint density at radius 1 is 1.22 bits per heavy atom. The summed E-state index contributed by atoms with van der Waals surface area (Å²) < 4.78 is 16.5. The summed E-state index contributed by atoms with van der Waals surface area (Å²) in [5.41, 5.74) is 2.38. The molecule has 1 aliphatic heterocycles. The Balaban J connectivity index is 0.00000364. The number of hydrogen-bond donors (Lipinski definition) is 2. The Labute approximate surface area is 180 Å². The Hall–Kier alpha value is -0.900. The SMILES string of the molecule is CCNC(=NCc1cccc(COC2CCOCC2)c1)NCCCOC.I. The monoisotopic (exact) mass is 491 g/mol. The number of aliphatic imine (C=N–C) groups is 1. The molecule has 0 bridgehead atoms. The normalized spacial score (nSPS) is 15.3. The first-order valence-electron chi connectivity index (χ1n) is 9.60. The Morgan fingerprint density at radius 2 is 2.00 bits per heavy atom. The highest BCUT2D eigenvalue weighted by Crippen LogP contribution is 2.14. The summed E-state index contributed by atoms with van der Waals surface area (Å²) in [6.07, 6.45) is 3.26. The van der Waals surface area contributed by atoms with Crippen LogP contribution in [-0.2, 0) is 27.4 Å². The third-order valence-corrected chi connectivity index (χ3v) is 4.23. The zero-order chi connectivity index (χ0) is 18.5. The third-order valence-electron chi connectivity index (χ3n) is 4.23. The molecule has 0 saturated carbocycles. The van der Waals surface area contributed by atoms with Crippen molar-refractivity contribution in [1.29, 1.82) is 0 Å². The van der Waals surface area contributed by atoms with Crippen LogP contribution in [0, 0.1) is 0 Å². The van der Waals surface area contributed by atoms with Gasteiger partial charge in [-0.2, -0.15) is 0 Å². The van der Waals surface area contributed by atoms with Gasteiger partial charge in [-0.25, -0.2) is 4.99 Å². The molecule has 0 unspecified atom stereocenters. The zero-order valence-corrected chi connectivity index (χ0v) is 18.9. The lowest BCUT2D eigenvalue weighted by Crippen LogP contribution is -2.38. The second-order valence-electron chi connectivity index (χ2n) is 6.41. The lowest BCUT2D eigenvalue weighted by molar-refractivity contribution is -0.0390. The Morgan fingerprint density at radius 3 is 2.74 bits per heavy atom. The van der Waals surface area contributed by atoms with Gasteiger partial charge in [0.15, 0.2) is 5.96 Å². The molecule has 0 spiro atoms. The average Bonchev–Trinajstić information content (AvgIpc) is 2.69. The minimum absolute atomic E-state index is 0. The first kappa shape index (κ1) is 24.1. The fourth-order valence-electron chi connectivity index (χ4n) is 2.81. The van der Waals surface area contributed by atoms with Gasteiger partial charge in [0.2, 0.25) is 0 Å². The molecule has 6 nitrogen and oxygen atoms in total. The quantitative estimate of drug-likeness (QED) is 0.228. The van der Waals surface area contributed by atoms with E-state index in [1.807, 2.05) is 0 Å². The van der Waals surface area contributed by atoms with Crippen molar-refractivity contribution in [1.82, 2.24) is 10.6 Å². The maximum Gasteiger partial charge on any atom is 0.191 e. The number of ether oxygens (including phenoxy) is 3. The van der Waals surface area contributed by atoms with Crippen LogP contribution in [0.1, 0.15) is 37.3 Å². The molecule has 7 heteroatoms. The molecule has 154 valence electrons. The van der Waals surface area contributed by atoms with Crippen LogP contribution in [0.25, 0.3) is 0 Å². The smallest absolute Gasteiger partial charge is 0.191 e. The number of hydrogen-bond acceptors (Lipinski definition) is 4. The van der Waals surface area contributed by atoms with Gasteiger partial charge in [-0.3, -0.25) is 0 Å². The highest BCUT2D eigenvalue weighted by atomic mass is 127. The van der Waals surface area contributed by atoms with E-state index in [1.54, 1.807) is 7.11 Å². The predicted octanol–water partition coefficient (Wildman–Crippen LogP) is 3.09. The van der Waals surface area contributed by atoms with Crippen molar-refractivity contribution in [2.24, 2.45) is 4.99 Å². The van der Waals surface area contributed by atoms with Crippen molar-refractivity contribution in [3.63, 3.8) is 0 Å². The Bertz CT molecular complexity index is 537. The molecule has 0 radical (unpaired) electrons. The van der Waals surface area contributed by atoms with Gasteiger partial charge >= 0.3 is 0 Å². The van der Waals surface area contributed by atoms with Gasteiger partial charge in [0.1, 0.15) is 0 Å². The summed E-state index contributed by atoms with van der Waals surface area (Å²) >= 11 is 0. The van der Waals surface area contributed by atoms with Gasteiger partial charge in [0, 0.05) is 40.0 Å². The maximum atomic E-state index is 6.01. The van der Waals surface area contributed by atoms with Crippen LogP contribution in [0.5, 0.6) is 0 Å². The third kappa shape index (κ3) is 10.3. The number of benzene rings is 1. The van der Waals surface area contributed by atoms with Crippen LogP contribution in [-0.4, -0.2) is 52.1 Å². The lowest BCUT2D eigenvalue weighted by Gasteiger charge is -2.22. The van der Waals surface area contributed by atoms with Crippen LogP contribution < -0.4 is 10.6 Å². The molecule has 1 fully saturated rings. The number of methoxy groups -OCH3 is 1. The summed E-state index contributed by atoms with van der Waals surface area (Å²) in [6.45, 7) is 7.42. The lowest BCUT2D eigenvalue weighted by atomic mass is 10.1. The fourth-order valence-corrected chi connectivity index (χ4v) is 2.81. The summed E-state index contributed by atoms with van der Waals surface area (Å²) in [5.74, 6) is 0.840. The van der Waals surface area contributed by atoms with Gasteiger partial charge in [-0.1, -0.05) is 24.3 Å². The molecule has 1 heterocycles. The van der Waals surface area contributed by atoms with E-state index in [1.165, 1.54) is 11.1 Å². The van der Waals surface area contributed by atoms with Crippen molar-refractivity contribution in [2.75, 3.05) is 40.0 Å². The van der Waals surface area contributed by atoms with Crippen molar-refractivity contribution in [3.8, 4) is 0 Å². The Kier molecular flexibility index (Phi) is 13.5. The molecule has 1 aromatic rings. The largest absolute Gasteiger partial charge is 0.385 e. The van der Waals surface area contributed by atoms with Gasteiger partial charge in [-0.15, -0.1) is 24.0 Å². The molecule has 1 saturated heterocycles. The molecule has 2 N–H and O–H groups in total. The average molecular weight is 491 g/mol. The van der Waals surface area contributed by atoms with Crippen molar-refractivity contribution in [2.45, 2.75) is 45.4 Å². The van der Waals surface area contributed by atoms with E-state index in [0.717, 1.165) is 58.1 Å². The number of guanidine groups is 1. The van der Waals surface area contributed by atoms with Crippen LogP contribution in [0.15, 0.2) is 29.3 Å². The second-order valence-corrected chi connectivity index (χ2v) is 6.41. The van der Waals surface area contributed by atoms with Crippen molar-refractivity contribution < 1.29 is 14.2 Å². The van der Waals surface area contributed by atoms with E-state index >= 15 is 0 Å². The van der Waals surface area contributed by atoms with Gasteiger partial charge in [0.05, 0.1) is 19.3 Å². The molecule has 0 amide bonds. The summed E-state index contributed by atoms with van der Waals surface area (Å²) in [4.78, 5) is 4.67. The van der Waals surface area contributed by atoms with Crippen LogP contribution in [0.3, 0.4) is 0 Å². The van der Waals surface area contributed by atoms with E-state index in [0.29, 0.717) is 19.3 Å². The minimum atomic E-state index is 0. The molecule has 1 aliphatic rings. The first-order chi connectivity index (χ1) is 12.8. The van der Waals surface area contributed by atoms with E-state index in [4.69, 9.17) is 14.2 Å². The topological polar surface area (TPSA) is 64.1 Å². The minimum Gasteiger partial charge on any atom is -0.385 e. The van der Waals surface area contributed by atoms with Crippen molar-refractivity contribution in [3.05, 3.63) is 35.4 Å². The number of nitrogens with one attached hydrogen (secondary N) is 2. The van der Waals surface area contributed by atoms with E-state index < -0.39 is 0 Å². The molecule has 27 heavy (non-hydrogen) atoms. The van der Waals surface area contributed by atoms with Gasteiger partial charge < -0.3 is 24.8 Å². The standard InChI is InChI=1S/C20H33N3O3.HI/c1-3-21-20(22-10-5-11-24-2)23-15-17-6-4-7-18(14-17)16-26-19-8-12-25-13-9-19;/h4,6-7,14,19H,3,5,8-13,15-16H2,1-2H3,(H2,21,22,23);1H. The summed E-state index contributed by atoms with van der Waals surface area (Å²) in [5, 5.41) is 6.60. The first-order valence-corrected chi connectivity index (χ1v) is 9.60. The summed E-state index contributed by atoms with van der Waals surface area (Å²) in [6, 6.07) is 8.47. The van der Waals surface area contributed by atoms with E-state index in [2.05, 4.69) is 46.8 Å². The molecular weight excluding hydrogens is 457 g/mol. The molecule has 0 atom stereocenters. The fraction of sp³-hybridized carbons (Fsp3) is 0.650. The van der Waals surface area contributed by atoms with E-state index in [9.17, 15) is 0 Å². The van der Waals surface area contributed by atoms with E-state index in [-0.39, 0.29) is 24.0 Å². The summed E-state index contributed by atoms with van der Waals surface area (Å²) in [7, 11) is 1.72. The molecule has 2 rings (SSSR count). The number of nitrogens with zero attached hydrogens (tertiary/aromatic N) is 1. The molecule has 0 aromatic heterocycles. The molecule has 1 aromatic carbocycles. The number of rotatable bonds is 10. The second kappa shape index (κ2) is 15.1. The maximum absolute atomic E-state index is 6.01. The zero-order valence-electron chi connectivity index (χ0n) is 16.5. The molecule has 0 aliphatic carbocycles. The van der Waals surface area contributed by atoms with Crippen molar-refractivity contribution >= 4 is 29.9 Å². The molecular formula is C20H34IN3O3. The van der Waals surface area contributed by atoms with Crippen LogP contribution in [0.4, 0.5) is 0 Å².